The molecular formula is C13H11ClINO3S. The molecule has 0 aliphatic carbocycles. The molecule has 0 aliphatic rings. The zero-order valence-electron chi connectivity index (χ0n) is 10.2. The molecule has 7 heteroatoms. The second kappa shape index (κ2) is 6.30. The summed E-state index contributed by atoms with van der Waals surface area (Å²) < 4.78 is 28.0. The summed E-state index contributed by atoms with van der Waals surface area (Å²) in [4.78, 5) is -0.0513. The minimum absolute atomic E-state index is 0.0513. The van der Waals surface area contributed by atoms with Crippen LogP contribution in [0, 0.1) is 3.57 Å². The highest BCUT2D eigenvalue weighted by molar-refractivity contribution is 14.1. The van der Waals surface area contributed by atoms with Crippen LogP contribution >= 0.6 is 34.2 Å². The molecule has 0 amide bonds. The van der Waals surface area contributed by atoms with E-state index in [0.29, 0.717) is 11.3 Å². The van der Waals surface area contributed by atoms with Gasteiger partial charge in [0, 0.05) is 9.26 Å². The average Bonchev–Trinajstić information content (AvgIpc) is 2.38. The summed E-state index contributed by atoms with van der Waals surface area (Å²) >= 11 is 8.03. The summed E-state index contributed by atoms with van der Waals surface area (Å²) in [5.41, 5.74) is 0.944. The minimum Gasteiger partial charge on any atom is -0.392 e. The molecule has 0 unspecified atom stereocenters. The first-order chi connectivity index (χ1) is 9.42. The van der Waals surface area contributed by atoms with Crippen molar-refractivity contribution < 1.29 is 13.5 Å². The smallest absolute Gasteiger partial charge is 0.263 e. The lowest BCUT2D eigenvalue weighted by Crippen LogP contribution is -2.14. The van der Waals surface area contributed by atoms with Crippen LogP contribution in [0.4, 0.5) is 5.69 Å². The van der Waals surface area contributed by atoms with Crippen molar-refractivity contribution in [1.29, 1.82) is 0 Å². The zero-order valence-corrected chi connectivity index (χ0v) is 13.9. The van der Waals surface area contributed by atoms with E-state index in [-0.39, 0.29) is 16.5 Å². The van der Waals surface area contributed by atoms with Crippen LogP contribution in [0.2, 0.25) is 5.02 Å². The number of benzene rings is 2. The predicted molar refractivity (Wildman–Crippen MR) is 87.3 cm³/mol. The summed E-state index contributed by atoms with van der Waals surface area (Å²) in [5.74, 6) is 0. The van der Waals surface area contributed by atoms with Crippen molar-refractivity contribution in [3.05, 3.63) is 56.6 Å². The number of sulfonamides is 1. The van der Waals surface area contributed by atoms with Crippen LogP contribution in [-0.4, -0.2) is 13.5 Å². The maximum absolute atomic E-state index is 12.3. The average molecular weight is 424 g/mol. The molecule has 2 aromatic rings. The number of halogens is 2. The molecule has 0 atom stereocenters. The molecule has 0 saturated heterocycles. The van der Waals surface area contributed by atoms with E-state index in [2.05, 4.69) is 27.3 Å². The van der Waals surface area contributed by atoms with E-state index in [4.69, 9.17) is 16.7 Å². The highest BCUT2D eigenvalue weighted by Crippen LogP contribution is 2.25. The fourth-order valence-electron chi connectivity index (χ4n) is 1.61. The first-order valence-corrected chi connectivity index (χ1v) is 8.54. The van der Waals surface area contributed by atoms with E-state index >= 15 is 0 Å². The van der Waals surface area contributed by atoms with Crippen LogP contribution in [0.5, 0.6) is 0 Å². The number of anilines is 1. The lowest BCUT2D eigenvalue weighted by molar-refractivity contribution is 0.281. The van der Waals surface area contributed by atoms with Crippen LogP contribution < -0.4 is 4.72 Å². The Morgan fingerprint density at radius 3 is 2.60 bits per heavy atom. The normalized spacial score (nSPS) is 11.3. The summed E-state index contributed by atoms with van der Waals surface area (Å²) in [6.07, 6.45) is 0. The van der Waals surface area contributed by atoms with Crippen molar-refractivity contribution in [2.75, 3.05) is 4.72 Å². The maximum Gasteiger partial charge on any atom is 0.263 e. The molecule has 2 N–H and O–H groups in total. The third-order valence-corrected chi connectivity index (χ3v) is 5.08. The largest absolute Gasteiger partial charge is 0.392 e. The van der Waals surface area contributed by atoms with E-state index in [1.807, 2.05) is 6.07 Å². The third-order valence-electron chi connectivity index (χ3n) is 2.54. The molecule has 0 heterocycles. The Kier molecular flexibility index (Phi) is 4.90. The number of nitrogens with one attached hydrogen (secondary N) is 1. The third kappa shape index (κ3) is 3.63. The number of aliphatic hydroxyl groups excluding tert-OH is 1. The lowest BCUT2D eigenvalue weighted by Gasteiger charge is -2.10. The van der Waals surface area contributed by atoms with E-state index < -0.39 is 10.0 Å². The summed E-state index contributed by atoms with van der Waals surface area (Å²) in [7, 11) is -3.79. The van der Waals surface area contributed by atoms with Gasteiger partial charge in [-0.3, -0.25) is 4.72 Å². The van der Waals surface area contributed by atoms with Gasteiger partial charge in [-0.25, -0.2) is 8.42 Å². The predicted octanol–water partition coefficient (Wildman–Crippen LogP) is 3.24. The number of rotatable bonds is 4. The molecule has 0 spiro atoms. The summed E-state index contributed by atoms with van der Waals surface area (Å²) in [6, 6.07) is 11.4. The van der Waals surface area contributed by atoms with Gasteiger partial charge in [0.05, 0.1) is 11.6 Å². The monoisotopic (exact) mass is 423 g/mol. The van der Waals surface area contributed by atoms with Gasteiger partial charge in [0.15, 0.2) is 0 Å². The Morgan fingerprint density at radius 2 is 1.95 bits per heavy atom. The Morgan fingerprint density at radius 1 is 1.20 bits per heavy atom. The number of aliphatic hydroxyl groups is 1. The number of hydrogen-bond acceptors (Lipinski definition) is 3. The van der Waals surface area contributed by atoms with Crippen molar-refractivity contribution in [2.45, 2.75) is 11.5 Å². The molecule has 0 radical (unpaired) electrons. The van der Waals surface area contributed by atoms with Gasteiger partial charge < -0.3 is 5.11 Å². The molecular weight excluding hydrogens is 413 g/mol. The lowest BCUT2D eigenvalue weighted by atomic mass is 10.2. The van der Waals surface area contributed by atoms with Gasteiger partial charge in [-0.1, -0.05) is 23.7 Å². The molecule has 0 bridgehead atoms. The van der Waals surface area contributed by atoms with Gasteiger partial charge in [0.1, 0.15) is 4.90 Å². The van der Waals surface area contributed by atoms with Crippen molar-refractivity contribution >= 4 is 49.9 Å². The Balaban J connectivity index is 2.40. The zero-order chi connectivity index (χ0) is 14.8. The van der Waals surface area contributed by atoms with Gasteiger partial charge >= 0.3 is 0 Å². The molecule has 2 rings (SSSR count). The van der Waals surface area contributed by atoms with Crippen molar-refractivity contribution in [1.82, 2.24) is 0 Å². The molecule has 0 fully saturated rings. The molecule has 106 valence electrons. The summed E-state index contributed by atoms with van der Waals surface area (Å²) in [6.45, 7) is -0.247. The topological polar surface area (TPSA) is 66.4 Å². The molecule has 0 aromatic heterocycles. The van der Waals surface area contributed by atoms with Crippen LogP contribution in [0.25, 0.3) is 0 Å². The quantitative estimate of drug-likeness (QED) is 0.742. The van der Waals surface area contributed by atoms with Gasteiger partial charge in [-0.2, -0.15) is 0 Å². The highest BCUT2D eigenvalue weighted by Gasteiger charge is 2.18. The molecule has 2 aromatic carbocycles. The van der Waals surface area contributed by atoms with Crippen molar-refractivity contribution in [3.8, 4) is 0 Å². The Labute approximate surface area is 136 Å². The second-order valence-electron chi connectivity index (χ2n) is 4.04. The van der Waals surface area contributed by atoms with Crippen LogP contribution in [0.3, 0.4) is 0 Å². The van der Waals surface area contributed by atoms with Crippen LogP contribution in [-0.2, 0) is 16.6 Å². The molecule has 0 aliphatic heterocycles. The minimum atomic E-state index is -3.79. The molecule has 0 saturated carbocycles. The van der Waals surface area contributed by atoms with Crippen molar-refractivity contribution in [2.24, 2.45) is 0 Å². The van der Waals surface area contributed by atoms with Gasteiger partial charge in [-0.05, 0) is 58.5 Å². The highest BCUT2D eigenvalue weighted by atomic mass is 127. The second-order valence-corrected chi connectivity index (χ2v) is 7.34. The Hall–Kier alpha value is -0.830. The van der Waals surface area contributed by atoms with E-state index in [0.717, 1.165) is 3.57 Å². The fourth-order valence-corrected chi connectivity index (χ4v) is 3.76. The SMILES string of the molecule is O=S(=O)(Nc1cccc(I)c1)c1cc(CO)ccc1Cl. The molecule has 4 nitrogen and oxygen atoms in total. The van der Waals surface area contributed by atoms with Crippen molar-refractivity contribution in [3.63, 3.8) is 0 Å². The summed E-state index contributed by atoms with van der Waals surface area (Å²) in [5, 5.41) is 9.20. The molecule has 20 heavy (non-hydrogen) atoms. The van der Waals surface area contributed by atoms with E-state index in [9.17, 15) is 8.42 Å². The van der Waals surface area contributed by atoms with E-state index in [1.165, 1.54) is 12.1 Å². The van der Waals surface area contributed by atoms with Crippen LogP contribution in [0.1, 0.15) is 5.56 Å². The maximum atomic E-state index is 12.3. The number of hydrogen-bond donors (Lipinski definition) is 2. The van der Waals surface area contributed by atoms with Gasteiger partial charge in [0.2, 0.25) is 0 Å². The standard InChI is InChI=1S/C13H11ClINO3S/c14-12-5-4-9(8-17)6-13(12)20(18,19)16-11-3-1-2-10(15)7-11/h1-7,16-17H,8H2. The van der Waals surface area contributed by atoms with Gasteiger partial charge in [-0.15, -0.1) is 0 Å². The van der Waals surface area contributed by atoms with Gasteiger partial charge in [0.25, 0.3) is 10.0 Å². The first kappa shape index (κ1) is 15.6. The van der Waals surface area contributed by atoms with Crippen LogP contribution in [0.15, 0.2) is 47.4 Å². The van der Waals surface area contributed by atoms with E-state index in [1.54, 1.807) is 24.3 Å². The Bertz CT molecular complexity index is 734. The first-order valence-electron chi connectivity index (χ1n) is 5.60. The fraction of sp³-hybridized carbons (Fsp3) is 0.0769.